The van der Waals surface area contributed by atoms with Gasteiger partial charge in [-0.2, -0.15) is 5.26 Å². The number of nitriles is 1. The average Bonchev–Trinajstić information content (AvgIpc) is 3.20. The van der Waals surface area contributed by atoms with Gasteiger partial charge in [-0.05, 0) is 43.9 Å². The first-order valence-corrected chi connectivity index (χ1v) is 9.65. The van der Waals surface area contributed by atoms with Crippen LogP contribution in [0.4, 0.5) is 5.69 Å². The fourth-order valence-electron chi connectivity index (χ4n) is 3.60. The molecule has 28 heavy (non-hydrogen) atoms. The van der Waals surface area contributed by atoms with Gasteiger partial charge in [0.15, 0.2) is 0 Å². The number of halogens is 1. The molecule has 0 radical (unpaired) electrons. The lowest BCUT2D eigenvalue weighted by molar-refractivity contribution is -0.117. The highest BCUT2D eigenvalue weighted by molar-refractivity contribution is 5.97. The van der Waals surface area contributed by atoms with Crippen LogP contribution in [0.2, 0.25) is 0 Å². The first kappa shape index (κ1) is 22.1. The van der Waals surface area contributed by atoms with Crippen LogP contribution in [0.3, 0.4) is 0 Å². The number of nitrogens with one attached hydrogen (secondary N) is 1. The highest BCUT2D eigenvalue weighted by Gasteiger charge is 2.20. The summed E-state index contributed by atoms with van der Waals surface area (Å²) in [5.74, 6) is -0.315. The van der Waals surface area contributed by atoms with E-state index in [1.165, 1.54) is 16.8 Å². The minimum atomic E-state index is -0.315. The Morgan fingerprint density at radius 2 is 2.07 bits per heavy atom. The molecule has 1 unspecified atom stereocenters. The van der Waals surface area contributed by atoms with E-state index in [-0.39, 0.29) is 30.0 Å². The maximum atomic E-state index is 12.3. The van der Waals surface area contributed by atoms with E-state index in [1.807, 2.05) is 6.07 Å². The van der Waals surface area contributed by atoms with E-state index in [2.05, 4.69) is 47.2 Å². The second-order valence-electron chi connectivity index (χ2n) is 7.24. The summed E-state index contributed by atoms with van der Waals surface area (Å²) in [6.45, 7) is 8.84. The lowest BCUT2D eigenvalue weighted by atomic mass is 10.1. The third-order valence-electron chi connectivity index (χ3n) is 5.42. The summed E-state index contributed by atoms with van der Waals surface area (Å²) in [7, 11) is 0. The van der Waals surface area contributed by atoms with Gasteiger partial charge in [-0.15, -0.1) is 12.4 Å². The number of piperazine rings is 1. The highest BCUT2D eigenvalue weighted by atomic mass is 35.5. The molecule has 0 bridgehead atoms. The quantitative estimate of drug-likeness (QED) is 0.603. The molecule has 1 amide bonds. The number of carbonyl (C=O) groups excluding carboxylic acids is 1. The third kappa shape index (κ3) is 5.40. The summed E-state index contributed by atoms with van der Waals surface area (Å²) in [5.41, 5.74) is 4.04. The summed E-state index contributed by atoms with van der Waals surface area (Å²) in [4.78, 5) is 16.7. The zero-order valence-corrected chi connectivity index (χ0v) is 17.4. The molecule has 7 heteroatoms. The average molecular weight is 405 g/mol. The van der Waals surface area contributed by atoms with Crippen molar-refractivity contribution in [3.05, 3.63) is 41.1 Å². The topological polar surface area (TPSA) is 68.6 Å². The Morgan fingerprint density at radius 1 is 1.32 bits per heavy atom. The number of hydrogen-bond donors (Lipinski definition) is 1. The fraction of sp³-hybridized carbons (Fsp3) is 0.524. The molecule has 152 valence electrons. The zero-order valence-electron chi connectivity index (χ0n) is 16.6. The standard InChI is InChI=1S/C21H28N4O2.ClH/c1-16-5-3-7-20(17(16)2)25-10-8-24(9-11-25)15-18(13-22)21(26)23-14-19-6-4-12-27-19;/h3,5,7,15,19H,4,6,8-12,14H2,1-2H3,(H,23,26);1H/b18-15-;. The molecular formula is C21H29ClN4O2. The Morgan fingerprint density at radius 3 is 2.71 bits per heavy atom. The van der Waals surface area contributed by atoms with E-state index in [1.54, 1.807) is 6.20 Å². The molecular weight excluding hydrogens is 376 g/mol. The van der Waals surface area contributed by atoms with Gasteiger partial charge in [-0.25, -0.2) is 0 Å². The number of aryl methyl sites for hydroxylation is 1. The molecule has 1 N–H and O–H groups in total. The van der Waals surface area contributed by atoms with Gasteiger partial charge in [0.2, 0.25) is 0 Å². The number of amides is 1. The number of nitrogens with zero attached hydrogens (tertiary/aromatic N) is 3. The van der Waals surface area contributed by atoms with Crippen molar-refractivity contribution in [3.8, 4) is 6.07 Å². The second kappa shape index (κ2) is 10.4. The molecule has 1 aromatic rings. The van der Waals surface area contributed by atoms with Crippen LogP contribution in [0.25, 0.3) is 0 Å². The Hall–Kier alpha value is -2.23. The minimum Gasteiger partial charge on any atom is -0.376 e. The van der Waals surface area contributed by atoms with Crippen LogP contribution < -0.4 is 10.2 Å². The molecule has 2 saturated heterocycles. The normalized spacial score (nSPS) is 19.8. The monoisotopic (exact) mass is 404 g/mol. The number of benzene rings is 1. The predicted octanol–water partition coefficient (Wildman–Crippen LogP) is 2.55. The van der Waals surface area contributed by atoms with Crippen LogP contribution in [-0.4, -0.2) is 56.2 Å². The number of rotatable bonds is 5. The summed E-state index contributed by atoms with van der Waals surface area (Å²) >= 11 is 0. The number of hydrogen-bond acceptors (Lipinski definition) is 5. The minimum absolute atomic E-state index is 0. The Bertz CT molecular complexity index is 745. The number of anilines is 1. The number of carbonyl (C=O) groups is 1. The molecule has 0 saturated carbocycles. The first-order chi connectivity index (χ1) is 13.1. The van der Waals surface area contributed by atoms with Crippen LogP contribution in [0.15, 0.2) is 30.0 Å². The van der Waals surface area contributed by atoms with Crippen molar-refractivity contribution >= 4 is 24.0 Å². The first-order valence-electron chi connectivity index (χ1n) is 9.65. The van der Waals surface area contributed by atoms with Crippen LogP contribution >= 0.6 is 12.4 Å². The van der Waals surface area contributed by atoms with Crippen LogP contribution in [0.5, 0.6) is 0 Å². The summed E-state index contributed by atoms with van der Waals surface area (Å²) in [6.07, 6.45) is 3.78. The molecule has 1 atom stereocenters. The lowest BCUT2D eigenvalue weighted by Gasteiger charge is -2.36. The molecule has 2 fully saturated rings. The molecule has 0 aromatic heterocycles. The molecule has 2 aliphatic rings. The Balaban J connectivity index is 0.00000280. The Kier molecular flexibility index (Phi) is 8.16. The van der Waals surface area contributed by atoms with Gasteiger partial charge in [0.05, 0.1) is 6.10 Å². The fourth-order valence-corrected chi connectivity index (χ4v) is 3.60. The molecule has 2 heterocycles. The molecule has 6 nitrogen and oxygen atoms in total. The van der Waals surface area contributed by atoms with E-state index in [0.29, 0.717) is 6.54 Å². The maximum absolute atomic E-state index is 12.3. The molecule has 0 aliphatic carbocycles. The van der Waals surface area contributed by atoms with Gasteiger partial charge in [-0.3, -0.25) is 4.79 Å². The maximum Gasteiger partial charge on any atom is 0.263 e. The smallest absolute Gasteiger partial charge is 0.263 e. The van der Waals surface area contributed by atoms with E-state index in [0.717, 1.165) is 45.6 Å². The van der Waals surface area contributed by atoms with Crippen molar-refractivity contribution in [3.63, 3.8) is 0 Å². The summed E-state index contributed by atoms with van der Waals surface area (Å²) in [6, 6.07) is 8.42. The van der Waals surface area contributed by atoms with Gasteiger partial charge >= 0.3 is 0 Å². The molecule has 2 aliphatic heterocycles. The van der Waals surface area contributed by atoms with Gasteiger partial charge in [-0.1, -0.05) is 12.1 Å². The van der Waals surface area contributed by atoms with Gasteiger partial charge in [0.25, 0.3) is 5.91 Å². The van der Waals surface area contributed by atoms with Crippen LogP contribution in [0, 0.1) is 25.2 Å². The van der Waals surface area contributed by atoms with Crippen molar-refractivity contribution in [2.24, 2.45) is 0 Å². The molecule has 0 spiro atoms. The van der Waals surface area contributed by atoms with Gasteiger partial charge < -0.3 is 19.9 Å². The van der Waals surface area contributed by atoms with E-state index >= 15 is 0 Å². The molecule has 1 aromatic carbocycles. The van der Waals surface area contributed by atoms with Crippen LogP contribution in [-0.2, 0) is 9.53 Å². The number of ether oxygens (including phenoxy) is 1. The summed E-state index contributed by atoms with van der Waals surface area (Å²) in [5, 5.41) is 12.2. The zero-order chi connectivity index (χ0) is 19.2. The summed E-state index contributed by atoms with van der Waals surface area (Å²) < 4.78 is 5.51. The largest absolute Gasteiger partial charge is 0.376 e. The Labute approximate surface area is 173 Å². The van der Waals surface area contributed by atoms with Crippen LogP contribution in [0.1, 0.15) is 24.0 Å². The molecule has 3 rings (SSSR count). The SMILES string of the molecule is Cc1cccc(N2CCN(/C=C(/C#N)C(=O)NCC3CCCO3)CC2)c1C.Cl. The van der Waals surface area contributed by atoms with E-state index < -0.39 is 0 Å². The third-order valence-corrected chi connectivity index (χ3v) is 5.42. The van der Waals surface area contributed by atoms with Crippen molar-refractivity contribution in [2.45, 2.75) is 32.8 Å². The van der Waals surface area contributed by atoms with Crippen molar-refractivity contribution in [1.29, 1.82) is 5.26 Å². The van der Waals surface area contributed by atoms with Crippen molar-refractivity contribution < 1.29 is 9.53 Å². The highest BCUT2D eigenvalue weighted by Crippen LogP contribution is 2.24. The second-order valence-corrected chi connectivity index (χ2v) is 7.24. The predicted molar refractivity (Wildman–Crippen MR) is 113 cm³/mol. The van der Waals surface area contributed by atoms with Crippen molar-refractivity contribution in [2.75, 3.05) is 44.2 Å². The van der Waals surface area contributed by atoms with Crippen molar-refractivity contribution in [1.82, 2.24) is 10.2 Å². The van der Waals surface area contributed by atoms with Gasteiger partial charge in [0.1, 0.15) is 11.6 Å². The van der Waals surface area contributed by atoms with E-state index in [4.69, 9.17) is 4.74 Å². The van der Waals surface area contributed by atoms with E-state index in [9.17, 15) is 10.1 Å². The van der Waals surface area contributed by atoms with Gasteiger partial charge in [0, 0.05) is 51.2 Å². The lowest BCUT2D eigenvalue weighted by Crippen LogP contribution is -2.45.